The van der Waals surface area contributed by atoms with Crippen molar-refractivity contribution in [3.8, 4) is 17.7 Å². The summed E-state index contributed by atoms with van der Waals surface area (Å²) in [4.78, 5) is 0. The number of rotatable bonds is 4. The Bertz CT molecular complexity index is 635. The zero-order valence-electron chi connectivity index (χ0n) is 11.9. The molecule has 5 heteroatoms. The van der Waals surface area contributed by atoms with Crippen LogP contribution in [0.5, 0.6) is 11.6 Å². The van der Waals surface area contributed by atoms with Gasteiger partial charge in [-0.3, -0.25) is 0 Å². The van der Waals surface area contributed by atoms with Crippen LogP contribution in [0.15, 0.2) is 24.3 Å². The van der Waals surface area contributed by atoms with Gasteiger partial charge in [-0.25, -0.2) is 4.68 Å². The van der Waals surface area contributed by atoms with Crippen LogP contribution in [0.2, 0.25) is 0 Å². The molecule has 0 aliphatic rings. The van der Waals surface area contributed by atoms with Crippen LogP contribution in [0.4, 0.5) is 5.69 Å². The third-order valence-corrected chi connectivity index (χ3v) is 3.03. The van der Waals surface area contributed by atoms with Gasteiger partial charge in [0, 0.05) is 7.05 Å². The summed E-state index contributed by atoms with van der Waals surface area (Å²) < 4.78 is 7.44. The van der Waals surface area contributed by atoms with Crippen LogP contribution in [0, 0.1) is 11.3 Å². The van der Waals surface area contributed by atoms with E-state index >= 15 is 0 Å². The number of hydrogen-bond acceptors (Lipinski definition) is 4. The first-order valence-electron chi connectivity index (χ1n) is 6.49. The van der Waals surface area contributed by atoms with Crippen molar-refractivity contribution in [3.63, 3.8) is 0 Å². The monoisotopic (exact) mass is 270 g/mol. The molecule has 0 spiro atoms. The molecular weight excluding hydrogens is 252 g/mol. The Hall–Kier alpha value is -2.48. The Morgan fingerprint density at radius 3 is 2.50 bits per heavy atom. The highest BCUT2D eigenvalue weighted by atomic mass is 16.5. The number of hydrogen-bond donors (Lipinski definition) is 1. The molecule has 1 heterocycles. The Morgan fingerprint density at radius 1 is 1.35 bits per heavy atom. The molecule has 0 unspecified atom stereocenters. The van der Waals surface area contributed by atoms with E-state index in [2.05, 4.69) is 11.2 Å². The van der Waals surface area contributed by atoms with Crippen molar-refractivity contribution >= 4 is 5.69 Å². The summed E-state index contributed by atoms with van der Waals surface area (Å²) in [5.74, 6) is 1.47. The number of ether oxygens (including phenoxy) is 1. The summed E-state index contributed by atoms with van der Waals surface area (Å²) in [5, 5.41) is 13.0. The average Bonchev–Trinajstić information content (AvgIpc) is 2.69. The molecule has 1 aromatic carbocycles. The highest BCUT2D eigenvalue weighted by molar-refractivity contribution is 5.55. The quantitative estimate of drug-likeness (QED) is 0.926. The van der Waals surface area contributed by atoms with Crippen LogP contribution in [0.25, 0.3) is 0 Å². The van der Waals surface area contributed by atoms with Gasteiger partial charge >= 0.3 is 0 Å². The summed E-state index contributed by atoms with van der Waals surface area (Å²) in [5.41, 5.74) is 8.45. The third-order valence-electron chi connectivity index (χ3n) is 3.03. The van der Waals surface area contributed by atoms with Gasteiger partial charge in [-0.05, 0) is 23.6 Å². The van der Waals surface area contributed by atoms with Crippen molar-refractivity contribution in [2.24, 2.45) is 7.05 Å². The van der Waals surface area contributed by atoms with Crippen LogP contribution in [0.3, 0.4) is 0 Å². The fourth-order valence-corrected chi connectivity index (χ4v) is 1.97. The molecule has 0 aliphatic heterocycles. The van der Waals surface area contributed by atoms with Gasteiger partial charge in [-0.15, -0.1) is 0 Å². The fraction of sp³-hybridized carbons (Fsp3) is 0.333. The molecule has 0 saturated carbocycles. The molecule has 0 bridgehead atoms. The molecule has 0 fully saturated rings. The number of nitriles is 1. The lowest BCUT2D eigenvalue weighted by Gasteiger charge is -2.07. The van der Waals surface area contributed by atoms with E-state index in [9.17, 15) is 0 Å². The van der Waals surface area contributed by atoms with Gasteiger partial charge in [0.05, 0.1) is 18.2 Å². The number of nitrogens with zero attached hydrogens (tertiary/aromatic N) is 3. The van der Waals surface area contributed by atoms with Crippen molar-refractivity contribution < 1.29 is 4.74 Å². The van der Waals surface area contributed by atoms with E-state index in [1.165, 1.54) is 0 Å². The Kier molecular flexibility index (Phi) is 3.94. The smallest absolute Gasteiger partial charge is 0.241 e. The van der Waals surface area contributed by atoms with Crippen molar-refractivity contribution in [2.45, 2.75) is 26.2 Å². The normalized spacial score (nSPS) is 10.6. The predicted molar refractivity (Wildman–Crippen MR) is 77.5 cm³/mol. The molecule has 0 radical (unpaired) electrons. The molecule has 20 heavy (non-hydrogen) atoms. The maximum Gasteiger partial charge on any atom is 0.241 e. The molecule has 104 valence electrons. The van der Waals surface area contributed by atoms with E-state index in [0.29, 0.717) is 23.7 Å². The van der Waals surface area contributed by atoms with Gasteiger partial charge in [0.25, 0.3) is 0 Å². The number of nitrogens with two attached hydrogens (primary N) is 1. The third kappa shape index (κ3) is 2.75. The van der Waals surface area contributed by atoms with E-state index in [4.69, 9.17) is 15.7 Å². The summed E-state index contributed by atoms with van der Waals surface area (Å²) >= 11 is 0. The molecule has 2 N–H and O–H groups in total. The molecule has 1 aromatic heterocycles. The lowest BCUT2D eigenvalue weighted by molar-refractivity contribution is 0.432. The van der Waals surface area contributed by atoms with Crippen LogP contribution in [-0.2, 0) is 13.5 Å². The fourth-order valence-electron chi connectivity index (χ4n) is 1.97. The molecule has 0 saturated heterocycles. The van der Waals surface area contributed by atoms with Crippen molar-refractivity contribution in [3.05, 3.63) is 35.5 Å². The second kappa shape index (κ2) is 5.66. The van der Waals surface area contributed by atoms with Crippen LogP contribution in [0.1, 0.15) is 31.0 Å². The van der Waals surface area contributed by atoms with E-state index in [1.807, 2.05) is 45.2 Å². The van der Waals surface area contributed by atoms with Gasteiger partial charge in [-0.2, -0.15) is 10.4 Å². The lowest BCUT2D eigenvalue weighted by atomic mass is 10.1. The standard InChI is InChI=1S/C15H18N4O/c1-10(2)14-13(17)15(19(3)18-14)20-12-6-4-11(5-7-12)8-9-16/h4-7,10H,8,17H2,1-3H3. The van der Waals surface area contributed by atoms with E-state index in [-0.39, 0.29) is 5.92 Å². The first-order chi connectivity index (χ1) is 9.52. The van der Waals surface area contributed by atoms with E-state index in [1.54, 1.807) is 4.68 Å². The lowest BCUT2D eigenvalue weighted by Crippen LogP contribution is -1.97. The highest BCUT2D eigenvalue weighted by Gasteiger charge is 2.17. The number of anilines is 1. The Balaban J connectivity index is 2.24. The Labute approximate surface area is 118 Å². The molecule has 2 rings (SSSR count). The number of nitrogen functional groups attached to an aromatic ring is 1. The minimum Gasteiger partial charge on any atom is -0.437 e. The molecule has 0 atom stereocenters. The van der Waals surface area contributed by atoms with Crippen LogP contribution < -0.4 is 10.5 Å². The van der Waals surface area contributed by atoms with Gasteiger partial charge in [0.15, 0.2) is 0 Å². The first kappa shape index (κ1) is 13.9. The van der Waals surface area contributed by atoms with Gasteiger partial charge in [-0.1, -0.05) is 26.0 Å². The summed E-state index contributed by atoms with van der Waals surface area (Å²) in [6.07, 6.45) is 0.394. The zero-order chi connectivity index (χ0) is 14.7. The minimum absolute atomic E-state index is 0.247. The second-order valence-electron chi connectivity index (χ2n) is 4.96. The number of aromatic nitrogens is 2. The van der Waals surface area contributed by atoms with E-state index in [0.717, 1.165) is 11.3 Å². The van der Waals surface area contributed by atoms with Crippen LogP contribution >= 0.6 is 0 Å². The number of aryl methyl sites for hydroxylation is 1. The summed E-state index contributed by atoms with van der Waals surface area (Å²) in [7, 11) is 1.81. The zero-order valence-corrected chi connectivity index (χ0v) is 11.9. The largest absolute Gasteiger partial charge is 0.437 e. The average molecular weight is 270 g/mol. The first-order valence-corrected chi connectivity index (χ1v) is 6.49. The number of benzene rings is 1. The maximum absolute atomic E-state index is 8.64. The van der Waals surface area contributed by atoms with Crippen LogP contribution in [-0.4, -0.2) is 9.78 Å². The summed E-state index contributed by atoms with van der Waals surface area (Å²) in [6.45, 7) is 4.08. The summed E-state index contributed by atoms with van der Waals surface area (Å²) in [6, 6.07) is 9.51. The van der Waals surface area contributed by atoms with Crippen molar-refractivity contribution in [1.29, 1.82) is 5.26 Å². The Morgan fingerprint density at radius 2 is 2.00 bits per heavy atom. The maximum atomic E-state index is 8.64. The molecule has 5 nitrogen and oxygen atoms in total. The van der Waals surface area contributed by atoms with E-state index < -0.39 is 0 Å². The SMILES string of the molecule is CC(C)c1nn(C)c(Oc2ccc(CC#N)cc2)c1N. The van der Waals surface area contributed by atoms with Gasteiger partial charge in [0.1, 0.15) is 11.4 Å². The van der Waals surface area contributed by atoms with Crippen molar-refractivity contribution in [2.75, 3.05) is 5.73 Å². The predicted octanol–water partition coefficient (Wildman–Crippen LogP) is 2.98. The molecule has 2 aromatic rings. The molecule has 0 amide bonds. The second-order valence-corrected chi connectivity index (χ2v) is 4.96. The highest BCUT2D eigenvalue weighted by Crippen LogP contribution is 2.32. The van der Waals surface area contributed by atoms with Gasteiger partial charge < -0.3 is 10.5 Å². The van der Waals surface area contributed by atoms with Gasteiger partial charge in [0.2, 0.25) is 5.88 Å². The molecular formula is C15H18N4O. The van der Waals surface area contributed by atoms with Crippen molar-refractivity contribution in [1.82, 2.24) is 9.78 Å². The molecule has 0 aliphatic carbocycles. The topological polar surface area (TPSA) is 76.9 Å². The minimum atomic E-state index is 0.247.